The minimum atomic E-state index is -0.360. The van der Waals surface area contributed by atoms with Crippen LogP contribution in [0.2, 0.25) is 0 Å². The largest absolute Gasteiger partial charge is 0.497 e. The van der Waals surface area contributed by atoms with Gasteiger partial charge >= 0.3 is 7.12 Å². The molecule has 0 amide bonds. The Kier molecular flexibility index (Phi) is 4.32. The quantitative estimate of drug-likeness (QED) is 0.801. The van der Waals surface area contributed by atoms with Gasteiger partial charge in [0, 0.05) is 6.07 Å². The van der Waals surface area contributed by atoms with Gasteiger partial charge in [-0.1, -0.05) is 18.2 Å². The lowest BCUT2D eigenvalue weighted by atomic mass is 9.79. The van der Waals surface area contributed by atoms with Crippen LogP contribution in [-0.4, -0.2) is 25.4 Å². The molecule has 0 spiro atoms. The normalized spacial score (nSPS) is 18.5. The second-order valence-corrected chi connectivity index (χ2v) is 6.94. The van der Waals surface area contributed by atoms with E-state index in [4.69, 9.17) is 18.8 Å². The van der Waals surface area contributed by atoms with E-state index < -0.39 is 0 Å². The number of hydrogen-bond donors (Lipinski definition) is 0. The third-order valence-electron chi connectivity index (χ3n) is 4.68. The molecule has 2 aromatic rings. The van der Waals surface area contributed by atoms with E-state index in [0.29, 0.717) is 0 Å². The van der Waals surface area contributed by atoms with Crippen LogP contribution >= 0.6 is 0 Å². The van der Waals surface area contributed by atoms with E-state index in [-0.39, 0.29) is 18.3 Å². The average molecular weight is 326 g/mol. The van der Waals surface area contributed by atoms with Crippen LogP contribution < -0.4 is 14.9 Å². The molecule has 3 rings (SSSR count). The molecule has 0 aromatic heterocycles. The van der Waals surface area contributed by atoms with Gasteiger partial charge in [-0.2, -0.15) is 0 Å². The number of hydrogen-bond acceptors (Lipinski definition) is 4. The molecule has 1 fully saturated rings. The zero-order valence-electron chi connectivity index (χ0n) is 14.8. The number of ether oxygens (including phenoxy) is 2. The van der Waals surface area contributed by atoms with E-state index >= 15 is 0 Å². The molecule has 1 saturated heterocycles. The highest BCUT2D eigenvalue weighted by atomic mass is 16.7. The fourth-order valence-corrected chi connectivity index (χ4v) is 2.47. The Hall–Kier alpha value is -1.98. The molecule has 1 heterocycles. The SMILES string of the molecule is COc1cccc(Oc2ccc(B3OC(C)(C)C(C)(C)O3)cc2)c1. The Balaban J connectivity index is 1.72. The van der Waals surface area contributed by atoms with Crippen LogP contribution in [0.5, 0.6) is 17.2 Å². The minimum Gasteiger partial charge on any atom is -0.497 e. The number of methoxy groups -OCH3 is 1. The van der Waals surface area contributed by atoms with Crippen LogP contribution in [0.25, 0.3) is 0 Å². The predicted molar refractivity (Wildman–Crippen MR) is 95.2 cm³/mol. The zero-order valence-corrected chi connectivity index (χ0v) is 14.8. The van der Waals surface area contributed by atoms with E-state index in [2.05, 4.69) is 0 Å². The molecule has 1 aliphatic heterocycles. The lowest BCUT2D eigenvalue weighted by Gasteiger charge is -2.32. The predicted octanol–water partition coefficient (Wildman–Crippen LogP) is 3.79. The Labute approximate surface area is 143 Å². The van der Waals surface area contributed by atoms with E-state index in [0.717, 1.165) is 22.7 Å². The lowest BCUT2D eigenvalue weighted by molar-refractivity contribution is 0.00578. The maximum atomic E-state index is 6.06. The summed E-state index contributed by atoms with van der Waals surface area (Å²) in [5.41, 5.74) is 0.299. The van der Waals surface area contributed by atoms with Crippen LogP contribution in [0, 0.1) is 0 Å². The van der Waals surface area contributed by atoms with Crippen molar-refractivity contribution < 1.29 is 18.8 Å². The molecule has 4 nitrogen and oxygen atoms in total. The zero-order chi connectivity index (χ0) is 17.4. The first kappa shape index (κ1) is 16.9. The first-order valence-electron chi connectivity index (χ1n) is 8.08. The molecular formula is C19H23BO4. The monoisotopic (exact) mass is 326 g/mol. The van der Waals surface area contributed by atoms with Gasteiger partial charge in [0.05, 0.1) is 18.3 Å². The molecule has 5 heteroatoms. The molecule has 0 radical (unpaired) electrons. The number of rotatable bonds is 4. The van der Waals surface area contributed by atoms with Gasteiger partial charge in [-0.15, -0.1) is 0 Å². The third kappa shape index (κ3) is 3.28. The second kappa shape index (κ2) is 6.15. The highest BCUT2D eigenvalue weighted by molar-refractivity contribution is 6.62. The van der Waals surface area contributed by atoms with Crippen LogP contribution in [0.4, 0.5) is 0 Å². The van der Waals surface area contributed by atoms with Gasteiger partial charge in [-0.25, -0.2) is 0 Å². The summed E-state index contributed by atoms with van der Waals surface area (Å²) in [7, 11) is 1.28. The molecule has 24 heavy (non-hydrogen) atoms. The maximum Gasteiger partial charge on any atom is 0.494 e. The van der Waals surface area contributed by atoms with Gasteiger partial charge < -0.3 is 18.8 Å². The van der Waals surface area contributed by atoms with Gasteiger partial charge in [0.1, 0.15) is 17.2 Å². The van der Waals surface area contributed by atoms with E-state index in [9.17, 15) is 0 Å². The van der Waals surface area contributed by atoms with Gasteiger partial charge in [-0.3, -0.25) is 0 Å². The van der Waals surface area contributed by atoms with Crippen molar-refractivity contribution in [1.29, 1.82) is 0 Å². The summed E-state index contributed by atoms with van der Waals surface area (Å²) in [6.07, 6.45) is 0. The van der Waals surface area contributed by atoms with Gasteiger partial charge in [0.2, 0.25) is 0 Å². The highest BCUT2D eigenvalue weighted by Crippen LogP contribution is 2.36. The fraction of sp³-hybridized carbons (Fsp3) is 0.368. The summed E-state index contributed by atoms with van der Waals surface area (Å²) in [6.45, 7) is 8.20. The Morgan fingerprint density at radius 3 is 1.96 bits per heavy atom. The smallest absolute Gasteiger partial charge is 0.494 e. The molecule has 0 unspecified atom stereocenters. The Morgan fingerprint density at radius 1 is 0.792 bits per heavy atom. The van der Waals surface area contributed by atoms with Crippen LogP contribution in [0.15, 0.2) is 48.5 Å². The summed E-state index contributed by atoms with van der Waals surface area (Å²) in [5.74, 6) is 2.25. The van der Waals surface area contributed by atoms with Crippen molar-refractivity contribution in [3.05, 3.63) is 48.5 Å². The molecule has 126 valence electrons. The fourth-order valence-electron chi connectivity index (χ4n) is 2.47. The summed E-state index contributed by atoms with van der Waals surface area (Å²) in [4.78, 5) is 0. The first-order valence-corrected chi connectivity index (χ1v) is 8.08. The van der Waals surface area contributed by atoms with E-state index in [1.165, 1.54) is 0 Å². The molecule has 0 atom stereocenters. The van der Waals surface area contributed by atoms with Crippen molar-refractivity contribution in [2.75, 3.05) is 7.11 Å². The highest BCUT2D eigenvalue weighted by Gasteiger charge is 2.51. The van der Waals surface area contributed by atoms with Gasteiger partial charge in [0.25, 0.3) is 0 Å². The Bertz CT molecular complexity index is 694. The van der Waals surface area contributed by atoms with Crippen LogP contribution in [0.1, 0.15) is 27.7 Å². The van der Waals surface area contributed by atoms with Crippen molar-refractivity contribution in [1.82, 2.24) is 0 Å². The van der Waals surface area contributed by atoms with E-state index in [1.807, 2.05) is 76.2 Å². The minimum absolute atomic E-state index is 0.340. The molecule has 1 aliphatic rings. The van der Waals surface area contributed by atoms with Crippen molar-refractivity contribution in [3.63, 3.8) is 0 Å². The second-order valence-electron chi connectivity index (χ2n) is 6.94. The van der Waals surface area contributed by atoms with Gasteiger partial charge in [-0.05, 0) is 57.4 Å². The van der Waals surface area contributed by atoms with Crippen LogP contribution in [-0.2, 0) is 9.31 Å². The van der Waals surface area contributed by atoms with Crippen molar-refractivity contribution in [2.24, 2.45) is 0 Å². The molecule has 2 aromatic carbocycles. The summed E-state index contributed by atoms with van der Waals surface area (Å²) >= 11 is 0. The van der Waals surface area contributed by atoms with Crippen molar-refractivity contribution in [2.45, 2.75) is 38.9 Å². The molecule has 0 bridgehead atoms. The Morgan fingerprint density at radius 2 is 1.38 bits per heavy atom. The van der Waals surface area contributed by atoms with Crippen LogP contribution in [0.3, 0.4) is 0 Å². The standard InChI is InChI=1S/C19H23BO4/c1-18(2)19(3,4)24-20(23-18)14-9-11-15(12-10-14)22-17-8-6-7-16(13-17)21-5/h6-13H,1-5H3. The van der Waals surface area contributed by atoms with Gasteiger partial charge in [0.15, 0.2) is 0 Å². The lowest BCUT2D eigenvalue weighted by Crippen LogP contribution is -2.41. The molecular weight excluding hydrogens is 303 g/mol. The summed E-state index contributed by atoms with van der Waals surface area (Å²) < 4.78 is 23.2. The number of benzene rings is 2. The van der Waals surface area contributed by atoms with E-state index in [1.54, 1.807) is 7.11 Å². The van der Waals surface area contributed by atoms with Crippen molar-refractivity contribution >= 4 is 12.6 Å². The summed E-state index contributed by atoms with van der Waals surface area (Å²) in [6, 6.07) is 15.3. The summed E-state index contributed by atoms with van der Waals surface area (Å²) in [5, 5.41) is 0. The molecule has 0 aliphatic carbocycles. The maximum absolute atomic E-state index is 6.06. The topological polar surface area (TPSA) is 36.9 Å². The van der Waals surface area contributed by atoms with Crippen molar-refractivity contribution in [3.8, 4) is 17.2 Å². The third-order valence-corrected chi connectivity index (χ3v) is 4.68. The first-order chi connectivity index (χ1) is 11.3. The molecule has 0 saturated carbocycles. The average Bonchev–Trinajstić information content (AvgIpc) is 2.76. The molecule has 0 N–H and O–H groups in total.